The molecule has 0 N–H and O–H groups in total. The van der Waals surface area contributed by atoms with Gasteiger partial charge in [0.15, 0.2) is 6.61 Å². The fraction of sp³-hybridized carbons (Fsp3) is 0.750. The summed E-state index contributed by atoms with van der Waals surface area (Å²) in [5.41, 5.74) is 0. The van der Waals surface area contributed by atoms with E-state index >= 15 is 0 Å². The zero-order valence-corrected chi connectivity index (χ0v) is 9.07. The smallest absolute Gasteiger partial charge is 0.257 e. The Balaban J connectivity index is 4.03. The maximum Gasteiger partial charge on any atom is 0.413 e. The van der Waals surface area contributed by atoms with Gasteiger partial charge < -0.3 is 0 Å². The lowest BCUT2D eigenvalue weighted by molar-refractivity contribution is -0.152. The largest absolute Gasteiger partial charge is 0.413 e. The summed E-state index contributed by atoms with van der Waals surface area (Å²) in [7, 11) is -4.20. The second-order valence-electron chi connectivity index (χ2n) is 2.88. The van der Waals surface area contributed by atoms with Crippen molar-refractivity contribution in [2.24, 2.45) is 0 Å². The van der Waals surface area contributed by atoms with Crippen molar-refractivity contribution in [2.45, 2.75) is 32.4 Å². The summed E-state index contributed by atoms with van der Waals surface area (Å²) in [6.45, 7) is 0.135. The highest BCUT2D eigenvalue weighted by Gasteiger charge is 2.30. The fourth-order valence-corrected chi connectivity index (χ4v) is 1.44. The van der Waals surface area contributed by atoms with Gasteiger partial charge in [-0.3, -0.25) is 4.18 Å². The van der Waals surface area contributed by atoms with E-state index in [-0.39, 0.29) is 0 Å². The lowest BCUT2D eigenvalue weighted by Gasteiger charge is -2.04. The van der Waals surface area contributed by atoms with Crippen LogP contribution >= 0.6 is 0 Å². The molecule has 0 aliphatic carbocycles. The Labute approximate surface area is 87.0 Å². The minimum atomic E-state index is -4.63. The minimum Gasteiger partial charge on any atom is -0.257 e. The Hall–Kier alpha value is -0.560. The minimum absolute atomic E-state index is 0.505. The van der Waals surface area contributed by atoms with Crippen LogP contribution in [0.1, 0.15) is 26.2 Å². The summed E-state index contributed by atoms with van der Waals surface area (Å²) >= 11 is 0. The monoisotopic (exact) mass is 246 g/mol. The predicted octanol–water partition coefficient (Wildman–Crippen LogP) is 2.60. The molecule has 0 radical (unpaired) electrons. The average molecular weight is 246 g/mol. The number of hydrogen-bond donors (Lipinski definition) is 0. The van der Waals surface area contributed by atoms with Crippen molar-refractivity contribution in [3.05, 3.63) is 11.5 Å². The molecule has 0 saturated heterocycles. The Bertz CT molecular complexity index is 293. The molecule has 0 bridgehead atoms. The molecule has 15 heavy (non-hydrogen) atoms. The number of halogens is 3. The van der Waals surface area contributed by atoms with Gasteiger partial charge in [-0.2, -0.15) is 21.6 Å². The highest BCUT2D eigenvalue weighted by Crippen LogP contribution is 2.16. The van der Waals surface area contributed by atoms with Gasteiger partial charge in [-0.05, 0) is 6.42 Å². The van der Waals surface area contributed by atoms with Gasteiger partial charge in [-0.15, -0.1) is 0 Å². The maximum absolute atomic E-state index is 11.6. The van der Waals surface area contributed by atoms with Crippen molar-refractivity contribution >= 4 is 10.1 Å². The molecular formula is C8H13F3O3S. The summed E-state index contributed by atoms with van der Waals surface area (Å²) in [6.07, 6.45) is -1.18. The van der Waals surface area contributed by atoms with E-state index in [4.69, 9.17) is 0 Å². The fourth-order valence-electron chi connectivity index (χ4n) is 0.696. The molecule has 0 heterocycles. The highest BCUT2D eigenvalue weighted by molar-refractivity contribution is 7.89. The molecule has 0 atom stereocenters. The van der Waals surface area contributed by atoms with Gasteiger partial charge in [0.25, 0.3) is 10.1 Å². The molecule has 90 valence electrons. The van der Waals surface area contributed by atoms with Crippen LogP contribution in [0.3, 0.4) is 0 Å². The van der Waals surface area contributed by atoms with E-state index in [0.29, 0.717) is 11.8 Å². The SMILES string of the molecule is CCCC/C=C/S(=O)(=O)OCC(F)(F)F. The number of hydrogen-bond acceptors (Lipinski definition) is 3. The van der Waals surface area contributed by atoms with Crippen molar-refractivity contribution in [2.75, 3.05) is 6.61 Å². The molecule has 0 saturated carbocycles. The number of unbranched alkanes of at least 4 members (excludes halogenated alkanes) is 2. The molecule has 0 fully saturated rings. The second-order valence-corrected chi connectivity index (χ2v) is 4.38. The molecule has 0 aromatic rings. The standard InChI is InChI=1S/C8H13F3O3S/c1-2-3-4-5-6-15(12,13)14-7-8(9,10)11/h5-6H,2-4,7H2,1H3/b6-5+. The molecule has 0 aromatic heterocycles. The van der Waals surface area contributed by atoms with E-state index in [9.17, 15) is 21.6 Å². The first-order valence-corrected chi connectivity index (χ1v) is 5.86. The van der Waals surface area contributed by atoms with Crippen LogP contribution in [0, 0.1) is 0 Å². The summed E-state index contributed by atoms with van der Waals surface area (Å²) in [5, 5.41) is 0.661. The topological polar surface area (TPSA) is 43.4 Å². The lowest BCUT2D eigenvalue weighted by Crippen LogP contribution is -2.19. The third-order valence-corrected chi connectivity index (χ3v) is 2.35. The summed E-state index contributed by atoms with van der Waals surface area (Å²) in [5.74, 6) is 0. The van der Waals surface area contributed by atoms with Crippen LogP contribution in [-0.4, -0.2) is 21.2 Å². The maximum atomic E-state index is 11.6. The Morgan fingerprint density at radius 2 is 1.93 bits per heavy atom. The summed E-state index contributed by atoms with van der Waals surface area (Å²) in [6, 6.07) is 0. The number of alkyl halides is 3. The van der Waals surface area contributed by atoms with Crippen molar-refractivity contribution in [1.29, 1.82) is 0 Å². The van der Waals surface area contributed by atoms with Gasteiger partial charge in [0, 0.05) is 0 Å². The number of rotatable bonds is 6. The molecule has 3 nitrogen and oxygen atoms in total. The van der Waals surface area contributed by atoms with E-state index < -0.39 is 22.9 Å². The van der Waals surface area contributed by atoms with Crippen LogP contribution in [0.2, 0.25) is 0 Å². The molecule has 0 unspecified atom stereocenters. The van der Waals surface area contributed by atoms with Crippen molar-refractivity contribution in [3.8, 4) is 0 Å². The Morgan fingerprint density at radius 3 is 2.40 bits per heavy atom. The molecule has 0 rings (SSSR count). The third-order valence-electron chi connectivity index (χ3n) is 1.37. The first-order valence-electron chi connectivity index (χ1n) is 4.39. The quantitative estimate of drug-likeness (QED) is 0.534. The van der Waals surface area contributed by atoms with Gasteiger partial charge in [0.2, 0.25) is 0 Å². The van der Waals surface area contributed by atoms with Crippen molar-refractivity contribution < 1.29 is 25.8 Å². The zero-order chi connectivity index (χ0) is 11.9. The third kappa shape index (κ3) is 9.74. The van der Waals surface area contributed by atoms with E-state index in [1.807, 2.05) is 6.92 Å². The molecule has 0 spiro atoms. The van der Waals surface area contributed by atoms with Gasteiger partial charge in [0.05, 0.1) is 5.41 Å². The van der Waals surface area contributed by atoms with Crippen LogP contribution in [-0.2, 0) is 14.3 Å². The van der Waals surface area contributed by atoms with Crippen LogP contribution in [0.4, 0.5) is 13.2 Å². The van der Waals surface area contributed by atoms with Crippen LogP contribution < -0.4 is 0 Å². The second kappa shape index (κ2) is 6.12. The van der Waals surface area contributed by atoms with Crippen molar-refractivity contribution in [3.63, 3.8) is 0 Å². The average Bonchev–Trinajstić information content (AvgIpc) is 2.09. The van der Waals surface area contributed by atoms with Gasteiger partial charge in [0.1, 0.15) is 0 Å². The van der Waals surface area contributed by atoms with Crippen LogP contribution in [0.15, 0.2) is 11.5 Å². The summed E-state index contributed by atoms with van der Waals surface area (Å²) in [4.78, 5) is 0. The van der Waals surface area contributed by atoms with Crippen LogP contribution in [0.5, 0.6) is 0 Å². The molecule has 7 heteroatoms. The first-order chi connectivity index (χ1) is 6.77. The van der Waals surface area contributed by atoms with E-state index in [2.05, 4.69) is 4.18 Å². The van der Waals surface area contributed by atoms with E-state index in [0.717, 1.165) is 12.8 Å². The molecule has 0 aliphatic heterocycles. The first kappa shape index (κ1) is 14.4. The molecule has 0 aliphatic rings. The normalized spacial score (nSPS) is 13.6. The highest BCUT2D eigenvalue weighted by atomic mass is 32.2. The Kier molecular flexibility index (Phi) is 5.89. The summed E-state index contributed by atoms with van der Waals surface area (Å²) < 4.78 is 60.2. The van der Waals surface area contributed by atoms with E-state index in [1.54, 1.807) is 0 Å². The molecular weight excluding hydrogens is 233 g/mol. The van der Waals surface area contributed by atoms with Crippen molar-refractivity contribution in [1.82, 2.24) is 0 Å². The van der Waals surface area contributed by atoms with Gasteiger partial charge in [-0.25, -0.2) is 0 Å². The van der Waals surface area contributed by atoms with Crippen LogP contribution in [0.25, 0.3) is 0 Å². The molecule has 0 amide bonds. The molecule has 0 aromatic carbocycles. The zero-order valence-electron chi connectivity index (χ0n) is 8.25. The Morgan fingerprint density at radius 1 is 1.33 bits per heavy atom. The van der Waals surface area contributed by atoms with Gasteiger partial charge >= 0.3 is 6.18 Å². The predicted molar refractivity (Wildman–Crippen MR) is 49.6 cm³/mol. The number of allylic oxidation sites excluding steroid dienone is 1. The van der Waals surface area contributed by atoms with E-state index in [1.165, 1.54) is 6.08 Å². The van der Waals surface area contributed by atoms with Gasteiger partial charge in [-0.1, -0.05) is 25.8 Å². The lowest BCUT2D eigenvalue weighted by atomic mass is 10.2.